The van der Waals surface area contributed by atoms with E-state index in [9.17, 15) is 0 Å². The van der Waals surface area contributed by atoms with E-state index >= 15 is 0 Å². The van der Waals surface area contributed by atoms with Gasteiger partial charge in [0.1, 0.15) is 11.5 Å². The molecule has 0 N–H and O–H groups in total. The molecule has 1 aliphatic carbocycles. The predicted molar refractivity (Wildman–Crippen MR) is 74.8 cm³/mol. The van der Waals surface area contributed by atoms with Crippen LogP contribution in [0.1, 0.15) is 48.1 Å². The molecule has 3 nitrogen and oxygen atoms in total. The van der Waals surface area contributed by atoms with Crippen molar-refractivity contribution in [2.24, 2.45) is 0 Å². The topological polar surface area (TPSA) is 30.7 Å². The highest BCUT2D eigenvalue weighted by molar-refractivity contribution is 5.39. The molecule has 19 heavy (non-hydrogen) atoms. The van der Waals surface area contributed by atoms with Gasteiger partial charge in [0.05, 0.1) is 0 Å². The molecule has 0 amide bonds. The lowest BCUT2D eigenvalue weighted by atomic mass is 9.93. The maximum atomic E-state index is 4.52. The van der Waals surface area contributed by atoms with E-state index in [4.69, 9.17) is 0 Å². The highest BCUT2D eigenvalue weighted by atomic mass is 15.1. The lowest BCUT2D eigenvalue weighted by Gasteiger charge is -2.27. The average molecular weight is 251 g/mol. The van der Waals surface area contributed by atoms with Crippen molar-refractivity contribution >= 4 is 0 Å². The Balaban J connectivity index is 1.84. The van der Waals surface area contributed by atoms with E-state index in [1.807, 2.05) is 19.1 Å². The molecule has 0 unspecified atom stereocenters. The van der Waals surface area contributed by atoms with E-state index in [2.05, 4.69) is 39.5 Å². The number of aromatic nitrogens is 3. The zero-order chi connectivity index (χ0) is 13.2. The standard InChI is InChI=1S/C16H17N3/c1-12-10-14(8-9-17-12)6-7-15-11-19(13(2)18-15)16-4-3-5-16/h8-11,16H,3-5H2,1-2H3. The van der Waals surface area contributed by atoms with Crippen molar-refractivity contribution in [2.45, 2.75) is 39.2 Å². The molecular formula is C16H17N3. The fourth-order valence-corrected chi connectivity index (χ4v) is 2.34. The SMILES string of the molecule is Cc1cc(C#Cc2cn(C3CCC3)c(C)n2)ccn1. The highest BCUT2D eigenvalue weighted by Gasteiger charge is 2.20. The van der Waals surface area contributed by atoms with Crippen molar-refractivity contribution < 1.29 is 0 Å². The van der Waals surface area contributed by atoms with Crippen LogP contribution in [0.2, 0.25) is 0 Å². The van der Waals surface area contributed by atoms with Crippen LogP contribution in [0.5, 0.6) is 0 Å². The van der Waals surface area contributed by atoms with Gasteiger partial charge in [-0.2, -0.15) is 0 Å². The molecule has 0 spiro atoms. The molecule has 96 valence electrons. The van der Waals surface area contributed by atoms with Crippen LogP contribution in [0.25, 0.3) is 0 Å². The van der Waals surface area contributed by atoms with Gasteiger partial charge in [-0.25, -0.2) is 4.98 Å². The molecule has 1 aliphatic rings. The minimum absolute atomic E-state index is 0.645. The largest absolute Gasteiger partial charge is 0.331 e. The summed E-state index contributed by atoms with van der Waals surface area (Å²) < 4.78 is 2.27. The van der Waals surface area contributed by atoms with Crippen molar-refractivity contribution in [1.29, 1.82) is 0 Å². The van der Waals surface area contributed by atoms with E-state index in [1.54, 1.807) is 6.20 Å². The quantitative estimate of drug-likeness (QED) is 0.729. The molecule has 2 aromatic heterocycles. The number of nitrogens with zero attached hydrogens (tertiary/aromatic N) is 3. The van der Waals surface area contributed by atoms with Crippen LogP contribution in [0.4, 0.5) is 0 Å². The fraction of sp³-hybridized carbons (Fsp3) is 0.375. The average Bonchev–Trinajstić information content (AvgIpc) is 2.66. The Hall–Kier alpha value is -2.08. The predicted octanol–water partition coefficient (Wildman–Crippen LogP) is 3.02. The third kappa shape index (κ3) is 2.53. The first-order valence-electron chi connectivity index (χ1n) is 6.72. The van der Waals surface area contributed by atoms with Gasteiger partial charge in [0, 0.05) is 29.7 Å². The monoisotopic (exact) mass is 251 g/mol. The van der Waals surface area contributed by atoms with Gasteiger partial charge in [0.2, 0.25) is 0 Å². The first-order valence-corrected chi connectivity index (χ1v) is 6.72. The molecule has 0 aromatic carbocycles. The Bertz CT molecular complexity index is 654. The second-order valence-electron chi connectivity index (χ2n) is 5.10. The molecule has 3 heteroatoms. The summed E-state index contributed by atoms with van der Waals surface area (Å²) in [6.07, 6.45) is 7.75. The Morgan fingerprint density at radius 3 is 2.79 bits per heavy atom. The van der Waals surface area contributed by atoms with Crippen LogP contribution in [-0.4, -0.2) is 14.5 Å². The summed E-state index contributed by atoms with van der Waals surface area (Å²) in [5, 5.41) is 0. The van der Waals surface area contributed by atoms with Crippen molar-refractivity contribution in [3.8, 4) is 11.8 Å². The van der Waals surface area contributed by atoms with Crippen molar-refractivity contribution in [2.75, 3.05) is 0 Å². The van der Waals surface area contributed by atoms with Crippen molar-refractivity contribution in [1.82, 2.24) is 14.5 Å². The smallest absolute Gasteiger partial charge is 0.131 e. The van der Waals surface area contributed by atoms with Crippen LogP contribution in [0, 0.1) is 25.7 Å². The molecule has 1 saturated carbocycles. The minimum Gasteiger partial charge on any atom is -0.331 e. The van der Waals surface area contributed by atoms with Crippen LogP contribution in [-0.2, 0) is 0 Å². The molecule has 0 saturated heterocycles. The summed E-state index contributed by atoms with van der Waals surface area (Å²) in [5.41, 5.74) is 2.84. The van der Waals surface area contributed by atoms with Gasteiger partial charge < -0.3 is 4.57 Å². The summed E-state index contributed by atoms with van der Waals surface area (Å²) in [7, 11) is 0. The van der Waals surface area contributed by atoms with E-state index < -0.39 is 0 Å². The van der Waals surface area contributed by atoms with Gasteiger partial charge >= 0.3 is 0 Å². The maximum Gasteiger partial charge on any atom is 0.131 e. The molecule has 2 aromatic rings. The molecule has 2 heterocycles. The normalized spacial score (nSPS) is 14.6. The Labute approximate surface area is 113 Å². The van der Waals surface area contributed by atoms with E-state index in [0.29, 0.717) is 6.04 Å². The van der Waals surface area contributed by atoms with Crippen LogP contribution in [0.3, 0.4) is 0 Å². The van der Waals surface area contributed by atoms with Crippen LogP contribution in [0.15, 0.2) is 24.5 Å². The Morgan fingerprint density at radius 2 is 2.11 bits per heavy atom. The number of imidazole rings is 1. The number of aryl methyl sites for hydroxylation is 2. The van der Waals surface area contributed by atoms with Crippen LogP contribution < -0.4 is 0 Å². The fourth-order valence-electron chi connectivity index (χ4n) is 2.34. The summed E-state index contributed by atoms with van der Waals surface area (Å²) in [4.78, 5) is 8.69. The maximum absolute atomic E-state index is 4.52. The third-order valence-corrected chi connectivity index (χ3v) is 3.62. The molecule has 0 bridgehead atoms. The van der Waals surface area contributed by atoms with Gasteiger partial charge in [-0.15, -0.1) is 0 Å². The Kier molecular flexibility index (Phi) is 3.08. The zero-order valence-electron chi connectivity index (χ0n) is 11.3. The minimum atomic E-state index is 0.645. The molecule has 0 atom stereocenters. The molecule has 3 rings (SSSR count). The van der Waals surface area contributed by atoms with E-state index in [0.717, 1.165) is 22.8 Å². The first kappa shape index (κ1) is 12.0. The molecule has 1 fully saturated rings. The first-order chi connectivity index (χ1) is 9.22. The summed E-state index contributed by atoms with van der Waals surface area (Å²) in [6.45, 7) is 4.03. The van der Waals surface area contributed by atoms with Crippen molar-refractivity contribution in [3.63, 3.8) is 0 Å². The van der Waals surface area contributed by atoms with E-state index in [-0.39, 0.29) is 0 Å². The zero-order valence-corrected chi connectivity index (χ0v) is 11.3. The van der Waals surface area contributed by atoms with Gasteiger partial charge in [-0.3, -0.25) is 4.98 Å². The summed E-state index contributed by atoms with van der Waals surface area (Å²) in [6, 6.07) is 4.56. The van der Waals surface area contributed by atoms with Gasteiger partial charge in [-0.05, 0) is 51.2 Å². The Morgan fingerprint density at radius 1 is 1.26 bits per heavy atom. The van der Waals surface area contributed by atoms with Gasteiger partial charge in [0.25, 0.3) is 0 Å². The summed E-state index contributed by atoms with van der Waals surface area (Å²) in [5.74, 6) is 7.36. The number of hydrogen-bond donors (Lipinski definition) is 0. The third-order valence-electron chi connectivity index (χ3n) is 3.62. The second kappa shape index (κ2) is 4.89. The number of rotatable bonds is 1. The molecule has 0 radical (unpaired) electrons. The second-order valence-corrected chi connectivity index (χ2v) is 5.10. The molecule has 0 aliphatic heterocycles. The lowest BCUT2D eigenvalue weighted by molar-refractivity contribution is 0.308. The van der Waals surface area contributed by atoms with Gasteiger partial charge in [-0.1, -0.05) is 5.92 Å². The van der Waals surface area contributed by atoms with Crippen LogP contribution >= 0.6 is 0 Å². The highest BCUT2D eigenvalue weighted by Crippen LogP contribution is 2.32. The lowest BCUT2D eigenvalue weighted by Crippen LogP contribution is -2.17. The van der Waals surface area contributed by atoms with E-state index in [1.165, 1.54) is 19.3 Å². The summed E-state index contributed by atoms with van der Waals surface area (Å²) >= 11 is 0. The number of hydrogen-bond acceptors (Lipinski definition) is 2. The number of pyridine rings is 1. The molecular weight excluding hydrogens is 234 g/mol. The van der Waals surface area contributed by atoms with Crippen molar-refractivity contribution in [3.05, 3.63) is 47.3 Å². The van der Waals surface area contributed by atoms with Gasteiger partial charge in [0.15, 0.2) is 0 Å².